The third-order valence-corrected chi connectivity index (χ3v) is 3.39. The Labute approximate surface area is 119 Å². The smallest absolute Gasteiger partial charge is 0.123 e. The van der Waals surface area contributed by atoms with Crippen LogP contribution in [-0.4, -0.2) is 16.3 Å². The summed E-state index contributed by atoms with van der Waals surface area (Å²) in [4.78, 5) is 0. The molecule has 0 aliphatic carbocycles. The summed E-state index contributed by atoms with van der Waals surface area (Å²) in [6.45, 7) is 7.75. The van der Waals surface area contributed by atoms with Crippen LogP contribution in [0.2, 0.25) is 0 Å². The van der Waals surface area contributed by atoms with Crippen LogP contribution in [0.1, 0.15) is 37.7 Å². The van der Waals surface area contributed by atoms with E-state index >= 15 is 0 Å². The van der Waals surface area contributed by atoms with Gasteiger partial charge in [0, 0.05) is 12.2 Å². The van der Waals surface area contributed by atoms with Crippen LogP contribution in [-0.2, 0) is 19.4 Å². The van der Waals surface area contributed by atoms with E-state index in [9.17, 15) is 4.39 Å². The maximum atomic E-state index is 13.5. The summed E-state index contributed by atoms with van der Waals surface area (Å²) in [5.74, 6) is -0.206. The molecule has 0 fully saturated rings. The molecule has 1 aromatic heterocycles. The van der Waals surface area contributed by atoms with Crippen LogP contribution >= 0.6 is 0 Å². The number of benzene rings is 1. The molecule has 108 valence electrons. The van der Waals surface area contributed by atoms with Crippen molar-refractivity contribution in [3.05, 3.63) is 47.0 Å². The molecule has 0 spiro atoms. The van der Waals surface area contributed by atoms with Crippen molar-refractivity contribution in [1.82, 2.24) is 15.1 Å². The summed E-state index contributed by atoms with van der Waals surface area (Å²) >= 11 is 0. The first kappa shape index (κ1) is 14.7. The Balaban J connectivity index is 2.47. The lowest BCUT2D eigenvalue weighted by atomic mass is 10.1. The molecule has 3 nitrogen and oxygen atoms in total. The Kier molecular flexibility index (Phi) is 4.90. The van der Waals surface area contributed by atoms with E-state index in [2.05, 4.69) is 30.3 Å². The van der Waals surface area contributed by atoms with Gasteiger partial charge in [0.05, 0.1) is 11.4 Å². The second-order valence-electron chi connectivity index (χ2n) is 4.80. The van der Waals surface area contributed by atoms with Crippen LogP contribution in [0.4, 0.5) is 4.39 Å². The highest BCUT2D eigenvalue weighted by Gasteiger charge is 2.12. The molecule has 1 heterocycles. The summed E-state index contributed by atoms with van der Waals surface area (Å²) < 4.78 is 15.4. The van der Waals surface area contributed by atoms with E-state index in [0.717, 1.165) is 42.0 Å². The van der Waals surface area contributed by atoms with Gasteiger partial charge in [-0.2, -0.15) is 5.10 Å². The predicted octanol–water partition coefficient (Wildman–Crippen LogP) is 3.25. The third kappa shape index (κ3) is 3.07. The molecule has 0 radical (unpaired) electrons. The molecule has 0 amide bonds. The summed E-state index contributed by atoms with van der Waals surface area (Å²) in [7, 11) is 0. The van der Waals surface area contributed by atoms with Crippen molar-refractivity contribution < 1.29 is 4.39 Å². The van der Waals surface area contributed by atoms with Gasteiger partial charge < -0.3 is 5.32 Å². The Bertz CT molecular complexity index is 575. The van der Waals surface area contributed by atoms with Gasteiger partial charge in [0.2, 0.25) is 0 Å². The van der Waals surface area contributed by atoms with Gasteiger partial charge in [0.1, 0.15) is 5.82 Å². The Hall–Kier alpha value is -1.68. The van der Waals surface area contributed by atoms with E-state index in [1.165, 1.54) is 6.07 Å². The lowest BCUT2D eigenvalue weighted by Gasteiger charge is -2.12. The molecule has 0 aliphatic heterocycles. The summed E-state index contributed by atoms with van der Waals surface area (Å²) in [5.41, 5.74) is 4.13. The minimum Gasteiger partial charge on any atom is -0.313 e. The maximum absolute atomic E-state index is 13.5. The molecular weight excluding hydrogens is 253 g/mol. The predicted molar refractivity (Wildman–Crippen MR) is 79.7 cm³/mol. The van der Waals surface area contributed by atoms with Crippen molar-refractivity contribution in [2.24, 2.45) is 0 Å². The molecule has 0 saturated carbocycles. The maximum Gasteiger partial charge on any atom is 0.123 e. The van der Waals surface area contributed by atoms with Gasteiger partial charge in [-0.1, -0.05) is 20.8 Å². The highest BCUT2D eigenvalue weighted by Crippen LogP contribution is 2.19. The van der Waals surface area contributed by atoms with Crippen LogP contribution in [0.25, 0.3) is 5.69 Å². The first-order valence-electron chi connectivity index (χ1n) is 7.26. The van der Waals surface area contributed by atoms with Crippen LogP contribution in [0.15, 0.2) is 24.3 Å². The van der Waals surface area contributed by atoms with Crippen molar-refractivity contribution in [3.8, 4) is 5.69 Å². The molecule has 0 bridgehead atoms. The monoisotopic (exact) mass is 275 g/mol. The zero-order chi connectivity index (χ0) is 14.5. The SMILES string of the molecule is CCNCc1cc(F)ccc1-n1nc(CC)cc1CC. The largest absolute Gasteiger partial charge is 0.313 e. The highest BCUT2D eigenvalue weighted by molar-refractivity contribution is 5.42. The van der Waals surface area contributed by atoms with Gasteiger partial charge in [0.15, 0.2) is 0 Å². The molecule has 1 aromatic carbocycles. The number of aryl methyl sites for hydroxylation is 2. The third-order valence-electron chi connectivity index (χ3n) is 3.39. The Morgan fingerprint density at radius 1 is 1.15 bits per heavy atom. The second-order valence-corrected chi connectivity index (χ2v) is 4.80. The van der Waals surface area contributed by atoms with Gasteiger partial charge in [-0.25, -0.2) is 9.07 Å². The summed E-state index contributed by atoms with van der Waals surface area (Å²) in [6.07, 6.45) is 1.81. The van der Waals surface area contributed by atoms with Gasteiger partial charge in [-0.3, -0.25) is 0 Å². The minimum absolute atomic E-state index is 0.206. The summed E-state index contributed by atoms with van der Waals surface area (Å²) in [6, 6.07) is 7.02. The first-order chi connectivity index (χ1) is 9.69. The molecule has 2 aromatic rings. The summed E-state index contributed by atoms with van der Waals surface area (Å²) in [5, 5.41) is 7.89. The highest BCUT2D eigenvalue weighted by atomic mass is 19.1. The fourth-order valence-electron chi connectivity index (χ4n) is 2.27. The number of aromatic nitrogens is 2. The van der Waals surface area contributed by atoms with Crippen LogP contribution in [0, 0.1) is 5.82 Å². The molecule has 4 heteroatoms. The molecule has 1 N–H and O–H groups in total. The van der Waals surface area contributed by atoms with Crippen molar-refractivity contribution in [1.29, 1.82) is 0 Å². The second kappa shape index (κ2) is 6.66. The molecular formula is C16H22FN3. The van der Waals surface area contributed by atoms with Gasteiger partial charge in [-0.05, 0) is 49.2 Å². The van der Waals surface area contributed by atoms with Gasteiger partial charge in [-0.15, -0.1) is 0 Å². The molecule has 0 aliphatic rings. The number of nitrogens with one attached hydrogen (secondary N) is 1. The quantitative estimate of drug-likeness (QED) is 0.877. The fourth-order valence-corrected chi connectivity index (χ4v) is 2.27. The van der Waals surface area contributed by atoms with Crippen LogP contribution in [0.5, 0.6) is 0 Å². The lowest BCUT2D eigenvalue weighted by molar-refractivity contribution is 0.619. The zero-order valence-electron chi connectivity index (χ0n) is 12.4. The standard InChI is InChI=1S/C16H22FN3/c1-4-14-10-15(5-2)20(19-14)16-8-7-13(17)9-12(16)11-18-6-3/h7-10,18H,4-6,11H2,1-3H3. The van der Waals surface area contributed by atoms with Gasteiger partial charge >= 0.3 is 0 Å². The average Bonchev–Trinajstić information content (AvgIpc) is 2.88. The van der Waals surface area contributed by atoms with Crippen molar-refractivity contribution >= 4 is 0 Å². The topological polar surface area (TPSA) is 29.9 Å². The number of rotatable bonds is 6. The number of hydrogen-bond acceptors (Lipinski definition) is 2. The molecule has 20 heavy (non-hydrogen) atoms. The minimum atomic E-state index is -0.206. The van der Waals surface area contributed by atoms with Crippen LogP contribution in [0.3, 0.4) is 0 Å². The van der Waals surface area contributed by atoms with E-state index in [1.54, 1.807) is 6.07 Å². The first-order valence-corrected chi connectivity index (χ1v) is 7.26. The van der Waals surface area contributed by atoms with E-state index in [0.29, 0.717) is 6.54 Å². The van der Waals surface area contributed by atoms with Crippen molar-refractivity contribution in [2.75, 3.05) is 6.54 Å². The lowest BCUT2D eigenvalue weighted by Crippen LogP contribution is -2.15. The fraction of sp³-hybridized carbons (Fsp3) is 0.438. The van der Waals surface area contributed by atoms with E-state index in [-0.39, 0.29) is 5.82 Å². The zero-order valence-corrected chi connectivity index (χ0v) is 12.4. The average molecular weight is 275 g/mol. The van der Waals surface area contributed by atoms with E-state index in [1.807, 2.05) is 17.7 Å². The molecule has 0 saturated heterocycles. The molecule has 0 atom stereocenters. The van der Waals surface area contributed by atoms with E-state index in [4.69, 9.17) is 0 Å². The molecule has 0 unspecified atom stereocenters. The van der Waals surface area contributed by atoms with Crippen molar-refractivity contribution in [3.63, 3.8) is 0 Å². The van der Waals surface area contributed by atoms with Crippen LogP contribution < -0.4 is 5.32 Å². The number of halogens is 1. The van der Waals surface area contributed by atoms with E-state index < -0.39 is 0 Å². The van der Waals surface area contributed by atoms with Crippen molar-refractivity contribution in [2.45, 2.75) is 40.2 Å². The normalized spacial score (nSPS) is 11.0. The van der Waals surface area contributed by atoms with Gasteiger partial charge in [0.25, 0.3) is 0 Å². The molecule has 2 rings (SSSR count). The number of nitrogens with zero attached hydrogens (tertiary/aromatic N) is 2. The Morgan fingerprint density at radius 2 is 1.95 bits per heavy atom. The number of hydrogen-bond donors (Lipinski definition) is 1. The Morgan fingerprint density at radius 3 is 2.60 bits per heavy atom.